The van der Waals surface area contributed by atoms with Gasteiger partial charge in [0, 0.05) is 10.0 Å². The van der Waals surface area contributed by atoms with Crippen LogP contribution in [0.25, 0.3) is 11.5 Å². The highest BCUT2D eigenvalue weighted by molar-refractivity contribution is 9.10. The van der Waals surface area contributed by atoms with Crippen molar-refractivity contribution in [3.63, 3.8) is 0 Å². The van der Waals surface area contributed by atoms with E-state index >= 15 is 0 Å². The molecule has 1 aromatic heterocycles. The minimum absolute atomic E-state index is 0.483. The predicted molar refractivity (Wildman–Crippen MR) is 57.2 cm³/mol. The van der Waals surface area contributed by atoms with Gasteiger partial charge >= 0.3 is 0 Å². The summed E-state index contributed by atoms with van der Waals surface area (Å²) in [5.41, 5.74) is 0.818. The zero-order chi connectivity index (χ0) is 10.1. The normalized spacial score (nSPS) is 10.5. The predicted octanol–water partition coefficient (Wildman–Crippen LogP) is 3.46. The van der Waals surface area contributed by atoms with Gasteiger partial charge in [0.05, 0.1) is 5.02 Å². The third-order valence-corrected chi connectivity index (χ3v) is 2.93. The summed E-state index contributed by atoms with van der Waals surface area (Å²) < 4.78 is 5.86. The summed E-state index contributed by atoms with van der Waals surface area (Å²) in [6, 6.07) is 5.48. The van der Waals surface area contributed by atoms with Crippen molar-refractivity contribution in [2.24, 2.45) is 0 Å². The molecule has 0 aliphatic heterocycles. The summed E-state index contributed by atoms with van der Waals surface area (Å²) >= 11 is 9.24. The molecule has 3 nitrogen and oxygen atoms in total. The highest BCUT2D eigenvalue weighted by atomic mass is 79.9. The summed E-state index contributed by atoms with van der Waals surface area (Å²) in [7, 11) is 0. The summed E-state index contributed by atoms with van der Waals surface area (Å²) in [6.45, 7) is 1.77. The molecule has 0 bridgehead atoms. The van der Waals surface area contributed by atoms with Gasteiger partial charge in [-0.3, -0.25) is 0 Å². The first-order chi connectivity index (χ1) is 6.66. The molecular weight excluding hydrogens is 267 g/mol. The number of nitrogens with zero attached hydrogens (tertiary/aromatic N) is 2. The summed E-state index contributed by atoms with van der Waals surface area (Å²) in [5, 5.41) is 4.33. The first-order valence-electron chi connectivity index (χ1n) is 3.92. The highest BCUT2D eigenvalue weighted by Crippen LogP contribution is 2.27. The van der Waals surface area contributed by atoms with Gasteiger partial charge in [-0.05, 0) is 41.1 Å². The number of rotatable bonds is 1. The zero-order valence-electron chi connectivity index (χ0n) is 7.29. The highest BCUT2D eigenvalue weighted by Gasteiger charge is 2.07. The molecular formula is C9H6BrClN2O. The number of hydrogen-bond acceptors (Lipinski definition) is 3. The van der Waals surface area contributed by atoms with Crippen LogP contribution in [0.2, 0.25) is 5.02 Å². The van der Waals surface area contributed by atoms with Crippen LogP contribution in [-0.4, -0.2) is 10.1 Å². The lowest BCUT2D eigenvalue weighted by Gasteiger charge is -1.97. The van der Waals surface area contributed by atoms with Crippen molar-refractivity contribution in [3.05, 3.63) is 33.5 Å². The molecule has 0 aliphatic rings. The van der Waals surface area contributed by atoms with Crippen molar-refractivity contribution in [3.8, 4) is 11.5 Å². The molecule has 0 radical (unpaired) electrons. The van der Waals surface area contributed by atoms with Crippen LogP contribution < -0.4 is 0 Å². The fraction of sp³-hybridized carbons (Fsp3) is 0.111. The molecule has 0 unspecified atom stereocenters. The van der Waals surface area contributed by atoms with Crippen LogP contribution in [0.5, 0.6) is 0 Å². The van der Waals surface area contributed by atoms with E-state index in [0.717, 1.165) is 10.0 Å². The molecule has 0 saturated carbocycles. The summed E-state index contributed by atoms with van der Waals surface area (Å²) in [4.78, 5) is 4.10. The van der Waals surface area contributed by atoms with Gasteiger partial charge in [-0.2, -0.15) is 4.98 Å². The Hall–Kier alpha value is -0.870. The first kappa shape index (κ1) is 9.68. The van der Waals surface area contributed by atoms with Crippen LogP contribution in [0.15, 0.2) is 27.2 Å². The quantitative estimate of drug-likeness (QED) is 0.798. The Bertz CT molecular complexity index is 470. The van der Waals surface area contributed by atoms with Gasteiger partial charge < -0.3 is 4.52 Å². The van der Waals surface area contributed by atoms with Crippen LogP contribution >= 0.6 is 27.5 Å². The fourth-order valence-corrected chi connectivity index (χ4v) is 1.47. The number of halogens is 2. The molecule has 0 saturated heterocycles. The van der Waals surface area contributed by atoms with Gasteiger partial charge in [0.1, 0.15) is 0 Å². The van der Waals surface area contributed by atoms with Crippen molar-refractivity contribution in [2.45, 2.75) is 6.92 Å². The van der Waals surface area contributed by atoms with Crippen molar-refractivity contribution < 1.29 is 4.52 Å². The SMILES string of the molecule is Cc1noc(-c2ccc(Br)c(Cl)c2)n1. The van der Waals surface area contributed by atoms with Gasteiger partial charge in [-0.25, -0.2) is 0 Å². The van der Waals surface area contributed by atoms with Crippen molar-refractivity contribution in [2.75, 3.05) is 0 Å². The van der Waals surface area contributed by atoms with Crippen LogP contribution in [-0.2, 0) is 0 Å². The van der Waals surface area contributed by atoms with E-state index in [2.05, 4.69) is 26.1 Å². The van der Waals surface area contributed by atoms with E-state index in [1.807, 2.05) is 12.1 Å². The second-order valence-electron chi connectivity index (χ2n) is 2.78. The second-order valence-corrected chi connectivity index (χ2v) is 4.04. The van der Waals surface area contributed by atoms with E-state index < -0.39 is 0 Å². The molecule has 1 aromatic carbocycles. The van der Waals surface area contributed by atoms with Crippen molar-refractivity contribution in [1.82, 2.24) is 10.1 Å². The lowest BCUT2D eigenvalue weighted by molar-refractivity contribution is 0.425. The van der Waals surface area contributed by atoms with E-state index in [1.165, 1.54) is 0 Å². The Labute approximate surface area is 94.2 Å². The molecule has 14 heavy (non-hydrogen) atoms. The topological polar surface area (TPSA) is 38.9 Å². The number of hydrogen-bond donors (Lipinski definition) is 0. The van der Waals surface area contributed by atoms with Crippen LogP contribution in [0, 0.1) is 6.92 Å². The molecule has 1 heterocycles. The maximum Gasteiger partial charge on any atom is 0.257 e. The third kappa shape index (κ3) is 1.81. The standard InChI is InChI=1S/C9H6BrClN2O/c1-5-12-9(14-13-5)6-2-3-7(10)8(11)4-6/h2-4H,1H3. The molecule has 0 N–H and O–H groups in total. The Kier molecular flexibility index (Phi) is 2.56. The number of aromatic nitrogens is 2. The Morgan fingerprint density at radius 1 is 1.43 bits per heavy atom. The van der Waals surface area contributed by atoms with Crippen LogP contribution in [0.3, 0.4) is 0 Å². The van der Waals surface area contributed by atoms with Gasteiger partial charge in [-0.15, -0.1) is 0 Å². The van der Waals surface area contributed by atoms with Gasteiger partial charge in [0.15, 0.2) is 5.82 Å². The largest absolute Gasteiger partial charge is 0.334 e. The zero-order valence-corrected chi connectivity index (χ0v) is 9.63. The van der Waals surface area contributed by atoms with E-state index in [4.69, 9.17) is 16.1 Å². The molecule has 2 rings (SSSR count). The molecule has 0 aliphatic carbocycles. The average Bonchev–Trinajstić information content (AvgIpc) is 2.57. The molecule has 0 spiro atoms. The lowest BCUT2D eigenvalue weighted by atomic mass is 10.2. The van der Waals surface area contributed by atoms with Crippen LogP contribution in [0.1, 0.15) is 5.82 Å². The number of aryl methyl sites for hydroxylation is 1. The molecule has 2 aromatic rings. The molecule has 0 amide bonds. The Balaban J connectivity index is 2.47. The molecule has 72 valence electrons. The molecule has 0 atom stereocenters. The minimum atomic E-state index is 0.483. The second kappa shape index (κ2) is 3.71. The van der Waals surface area contributed by atoms with E-state index in [0.29, 0.717) is 16.7 Å². The fourth-order valence-electron chi connectivity index (χ4n) is 1.04. The van der Waals surface area contributed by atoms with E-state index in [-0.39, 0.29) is 0 Å². The van der Waals surface area contributed by atoms with Crippen LogP contribution in [0.4, 0.5) is 0 Å². The van der Waals surface area contributed by atoms with E-state index in [1.54, 1.807) is 13.0 Å². The van der Waals surface area contributed by atoms with Crippen molar-refractivity contribution in [1.29, 1.82) is 0 Å². The van der Waals surface area contributed by atoms with Gasteiger partial charge in [0.25, 0.3) is 5.89 Å². The average molecular weight is 274 g/mol. The van der Waals surface area contributed by atoms with E-state index in [9.17, 15) is 0 Å². The Morgan fingerprint density at radius 3 is 2.79 bits per heavy atom. The molecule has 0 fully saturated rings. The lowest BCUT2D eigenvalue weighted by Crippen LogP contribution is -1.78. The van der Waals surface area contributed by atoms with Crippen molar-refractivity contribution >= 4 is 27.5 Å². The number of benzene rings is 1. The maximum absolute atomic E-state index is 5.93. The minimum Gasteiger partial charge on any atom is -0.334 e. The first-order valence-corrected chi connectivity index (χ1v) is 5.09. The molecule has 5 heteroatoms. The summed E-state index contributed by atoms with van der Waals surface area (Å²) in [5.74, 6) is 1.09. The van der Waals surface area contributed by atoms with Gasteiger partial charge in [0.2, 0.25) is 0 Å². The summed E-state index contributed by atoms with van der Waals surface area (Å²) in [6.07, 6.45) is 0. The monoisotopic (exact) mass is 272 g/mol. The Morgan fingerprint density at radius 2 is 2.21 bits per heavy atom. The van der Waals surface area contributed by atoms with Gasteiger partial charge in [-0.1, -0.05) is 16.8 Å². The maximum atomic E-state index is 5.93. The third-order valence-electron chi connectivity index (χ3n) is 1.69. The smallest absolute Gasteiger partial charge is 0.257 e.